The van der Waals surface area contributed by atoms with E-state index >= 15 is 0 Å². The molecule has 0 saturated heterocycles. The van der Waals surface area contributed by atoms with Crippen molar-refractivity contribution in [3.63, 3.8) is 0 Å². The maximum absolute atomic E-state index is 13.1. The highest BCUT2D eigenvalue weighted by atomic mass is 19.1. The largest absolute Gasteiger partial charge is 0.462 e. The minimum absolute atomic E-state index is 0.0138. The van der Waals surface area contributed by atoms with Crippen LogP contribution in [0.4, 0.5) is 10.1 Å². The SMILES string of the molecule is CCOC(=O)c1cc(F)c(N)c(C#N)c1. The summed E-state index contributed by atoms with van der Waals surface area (Å²) < 4.78 is 17.8. The molecule has 1 aromatic rings. The number of hydrogen-bond acceptors (Lipinski definition) is 4. The Labute approximate surface area is 86.1 Å². The summed E-state index contributed by atoms with van der Waals surface area (Å²) in [6.07, 6.45) is 0. The molecule has 15 heavy (non-hydrogen) atoms. The molecule has 0 amide bonds. The smallest absolute Gasteiger partial charge is 0.338 e. The summed E-state index contributed by atoms with van der Waals surface area (Å²) in [6, 6.07) is 3.86. The molecule has 0 saturated carbocycles. The molecule has 0 aliphatic rings. The number of carbonyl (C=O) groups excluding carboxylic acids is 1. The third kappa shape index (κ3) is 2.23. The highest BCUT2D eigenvalue weighted by molar-refractivity contribution is 5.90. The lowest BCUT2D eigenvalue weighted by Crippen LogP contribution is -2.07. The van der Waals surface area contributed by atoms with Gasteiger partial charge in [-0.15, -0.1) is 0 Å². The van der Waals surface area contributed by atoms with E-state index < -0.39 is 11.8 Å². The van der Waals surface area contributed by atoms with Crippen molar-refractivity contribution < 1.29 is 13.9 Å². The average molecular weight is 208 g/mol. The molecule has 4 nitrogen and oxygen atoms in total. The maximum Gasteiger partial charge on any atom is 0.338 e. The summed E-state index contributed by atoms with van der Waals surface area (Å²) in [5, 5.41) is 8.63. The monoisotopic (exact) mass is 208 g/mol. The van der Waals surface area contributed by atoms with Gasteiger partial charge in [0.15, 0.2) is 0 Å². The molecule has 0 fully saturated rings. The Balaban J connectivity index is 3.18. The number of hydrogen-bond donors (Lipinski definition) is 1. The fourth-order valence-corrected chi connectivity index (χ4v) is 1.04. The van der Waals surface area contributed by atoms with Gasteiger partial charge in [-0.2, -0.15) is 5.26 Å². The lowest BCUT2D eigenvalue weighted by Gasteiger charge is -2.04. The van der Waals surface area contributed by atoms with Crippen molar-refractivity contribution in [2.45, 2.75) is 6.92 Å². The molecule has 0 aromatic heterocycles. The molecule has 0 radical (unpaired) electrons. The van der Waals surface area contributed by atoms with Crippen LogP contribution in [-0.4, -0.2) is 12.6 Å². The van der Waals surface area contributed by atoms with E-state index in [0.29, 0.717) is 0 Å². The van der Waals surface area contributed by atoms with Gasteiger partial charge in [0.05, 0.1) is 23.4 Å². The molecular formula is C10H9FN2O2. The minimum Gasteiger partial charge on any atom is -0.462 e. The Morgan fingerprint density at radius 2 is 2.33 bits per heavy atom. The van der Waals surface area contributed by atoms with Crippen LogP contribution in [0.2, 0.25) is 0 Å². The number of benzene rings is 1. The lowest BCUT2D eigenvalue weighted by molar-refractivity contribution is 0.0526. The fraction of sp³-hybridized carbons (Fsp3) is 0.200. The second-order valence-electron chi connectivity index (χ2n) is 2.75. The van der Waals surface area contributed by atoms with E-state index in [1.165, 1.54) is 6.07 Å². The Bertz CT molecular complexity index is 438. The van der Waals surface area contributed by atoms with Crippen molar-refractivity contribution in [3.05, 3.63) is 29.1 Å². The predicted octanol–water partition coefficient (Wildman–Crippen LogP) is 1.46. The normalized spacial score (nSPS) is 9.40. The number of carbonyl (C=O) groups is 1. The van der Waals surface area contributed by atoms with Gasteiger partial charge in [-0.3, -0.25) is 0 Å². The van der Waals surface area contributed by atoms with Gasteiger partial charge in [-0.1, -0.05) is 0 Å². The Kier molecular flexibility index (Phi) is 3.24. The number of ether oxygens (including phenoxy) is 1. The number of halogens is 1. The van der Waals surface area contributed by atoms with Crippen LogP contribution in [0.3, 0.4) is 0 Å². The number of anilines is 1. The molecule has 0 atom stereocenters. The van der Waals surface area contributed by atoms with Crippen molar-refractivity contribution in [1.29, 1.82) is 5.26 Å². The van der Waals surface area contributed by atoms with Crippen LogP contribution < -0.4 is 5.73 Å². The summed E-state index contributed by atoms with van der Waals surface area (Å²) in [5.41, 5.74) is 4.94. The Morgan fingerprint density at radius 3 is 2.87 bits per heavy atom. The Hall–Kier alpha value is -2.09. The van der Waals surface area contributed by atoms with Crippen molar-refractivity contribution in [1.82, 2.24) is 0 Å². The van der Waals surface area contributed by atoms with Crippen molar-refractivity contribution in [2.75, 3.05) is 12.3 Å². The van der Waals surface area contributed by atoms with Crippen LogP contribution in [-0.2, 0) is 4.74 Å². The van der Waals surface area contributed by atoms with Gasteiger partial charge < -0.3 is 10.5 Å². The zero-order chi connectivity index (χ0) is 11.4. The first-order chi connectivity index (χ1) is 7.10. The molecular weight excluding hydrogens is 199 g/mol. The summed E-state index contributed by atoms with van der Waals surface area (Å²) in [5.74, 6) is -1.47. The van der Waals surface area contributed by atoms with Gasteiger partial charge >= 0.3 is 5.97 Å². The average Bonchev–Trinajstić information content (AvgIpc) is 2.22. The van der Waals surface area contributed by atoms with Crippen molar-refractivity contribution >= 4 is 11.7 Å². The zero-order valence-corrected chi connectivity index (χ0v) is 8.08. The molecule has 0 aliphatic heterocycles. The first kappa shape index (κ1) is 11.0. The fourth-order valence-electron chi connectivity index (χ4n) is 1.04. The molecule has 1 aromatic carbocycles. The first-order valence-electron chi connectivity index (χ1n) is 4.26. The number of nitriles is 1. The van der Waals surface area contributed by atoms with Crippen LogP contribution in [0.1, 0.15) is 22.8 Å². The van der Waals surface area contributed by atoms with Crippen molar-refractivity contribution in [2.24, 2.45) is 0 Å². The van der Waals surface area contributed by atoms with E-state index in [1.54, 1.807) is 13.0 Å². The van der Waals surface area contributed by atoms with Gasteiger partial charge in [0.2, 0.25) is 0 Å². The molecule has 0 bridgehead atoms. The quantitative estimate of drug-likeness (QED) is 0.589. The summed E-state index contributed by atoms with van der Waals surface area (Å²) in [6.45, 7) is 1.82. The topological polar surface area (TPSA) is 76.1 Å². The molecule has 5 heteroatoms. The molecule has 1 rings (SSSR count). The minimum atomic E-state index is -0.794. The van der Waals surface area contributed by atoms with E-state index in [9.17, 15) is 9.18 Å². The van der Waals surface area contributed by atoms with Crippen LogP contribution in [0.15, 0.2) is 12.1 Å². The highest BCUT2D eigenvalue weighted by Crippen LogP contribution is 2.18. The first-order valence-corrected chi connectivity index (χ1v) is 4.26. The summed E-state index contributed by atoms with van der Waals surface area (Å²) >= 11 is 0. The second-order valence-corrected chi connectivity index (χ2v) is 2.75. The molecule has 0 heterocycles. The number of nitrogens with zero attached hydrogens (tertiary/aromatic N) is 1. The van der Waals surface area contributed by atoms with Gasteiger partial charge in [-0.05, 0) is 19.1 Å². The Morgan fingerprint density at radius 1 is 1.67 bits per heavy atom. The number of nitrogen functional groups attached to an aromatic ring is 1. The molecule has 0 aliphatic carbocycles. The van der Waals surface area contributed by atoms with E-state index in [-0.39, 0.29) is 23.4 Å². The van der Waals surface area contributed by atoms with Crippen LogP contribution in [0.25, 0.3) is 0 Å². The van der Waals surface area contributed by atoms with Crippen molar-refractivity contribution in [3.8, 4) is 6.07 Å². The van der Waals surface area contributed by atoms with E-state index in [4.69, 9.17) is 11.0 Å². The van der Waals surface area contributed by atoms with E-state index in [1.807, 2.05) is 0 Å². The third-order valence-corrected chi connectivity index (χ3v) is 1.76. The zero-order valence-electron chi connectivity index (χ0n) is 8.08. The summed E-state index contributed by atoms with van der Waals surface area (Å²) in [4.78, 5) is 11.2. The standard InChI is InChI=1S/C10H9FN2O2/c1-2-15-10(14)6-3-7(5-12)9(13)8(11)4-6/h3-4H,2,13H2,1H3. The second kappa shape index (κ2) is 4.42. The van der Waals surface area contributed by atoms with E-state index in [0.717, 1.165) is 6.07 Å². The van der Waals surface area contributed by atoms with Gasteiger partial charge in [0.25, 0.3) is 0 Å². The molecule has 0 spiro atoms. The molecule has 0 unspecified atom stereocenters. The lowest BCUT2D eigenvalue weighted by atomic mass is 10.1. The van der Waals surface area contributed by atoms with Crippen LogP contribution in [0, 0.1) is 17.1 Å². The number of rotatable bonds is 2. The number of esters is 1. The van der Waals surface area contributed by atoms with E-state index in [2.05, 4.69) is 4.74 Å². The van der Waals surface area contributed by atoms with Gasteiger partial charge in [0, 0.05) is 0 Å². The number of nitrogens with two attached hydrogens (primary N) is 1. The van der Waals surface area contributed by atoms with Crippen LogP contribution >= 0.6 is 0 Å². The summed E-state index contributed by atoms with van der Waals surface area (Å²) in [7, 11) is 0. The highest BCUT2D eigenvalue weighted by Gasteiger charge is 2.13. The molecule has 2 N–H and O–H groups in total. The molecule has 78 valence electrons. The maximum atomic E-state index is 13.1. The third-order valence-electron chi connectivity index (χ3n) is 1.76. The van der Waals surface area contributed by atoms with Crippen LogP contribution in [0.5, 0.6) is 0 Å². The predicted molar refractivity (Wildman–Crippen MR) is 51.5 cm³/mol. The van der Waals surface area contributed by atoms with Gasteiger partial charge in [0.1, 0.15) is 11.9 Å². The van der Waals surface area contributed by atoms with Gasteiger partial charge in [-0.25, -0.2) is 9.18 Å².